The Morgan fingerprint density at radius 2 is 1.82 bits per heavy atom. The summed E-state index contributed by atoms with van der Waals surface area (Å²) in [5, 5.41) is 2.87. The van der Waals surface area contributed by atoms with Crippen molar-refractivity contribution in [2.24, 2.45) is 5.73 Å². The van der Waals surface area contributed by atoms with Gasteiger partial charge in [-0.3, -0.25) is 4.79 Å². The van der Waals surface area contributed by atoms with Crippen LogP contribution in [0.25, 0.3) is 0 Å². The van der Waals surface area contributed by atoms with E-state index >= 15 is 0 Å². The van der Waals surface area contributed by atoms with Crippen LogP contribution < -0.4 is 11.1 Å². The van der Waals surface area contributed by atoms with Gasteiger partial charge in [0.2, 0.25) is 5.91 Å². The Kier molecular flexibility index (Phi) is 5.32. The average Bonchev–Trinajstić information content (AvgIpc) is 2.45. The van der Waals surface area contributed by atoms with E-state index in [1.807, 2.05) is 0 Å². The van der Waals surface area contributed by atoms with Gasteiger partial charge in [0.05, 0.1) is 0 Å². The topological polar surface area (TPSA) is 55.1 Å². The molecule has 0 unspecified atom stereocenters. The zero-order chi connectivity index (χ0) is 16.1. The molecule has 0 bridgehead atoms. The molecule has 7 heteroatoms. The van der Waals surface area contributed by atoms with E-state index in [1.54, 1.807) is 18.2 Å². The first-order chi connectivity index (χ1) is 10.5. The summed E-state index contributed by atoms with van der Waals surface area (Å²) in [5.74, 6) is -3.61. The third kappa shape index (κ3) is 4.42. The van der Waals surface area contributed by atoms with Gasteiger partial charge in [-0.15, -0.1) is 0 Å². The SMILES string of the molecule is NC(=O)[C@@H](Nc1cccc(SC(F)F)c1)c1ccc(F)cc1. The summed E-state index contributed by atoms with van der Waals surface area (Å²) in [6.07, 6.45) is 0. The maximum Gasteiger partial charge on any atom is 0.288 e. The summed E-state index contributed by atoms with van der Waals surface area (Å²) in [5.41, 5.74) is 6.31. The molecular weight excluding hydrogens is 313 g/mol. The van der Waals surface area contributed by atoms with Crippen LogP contribution in [0.3, 0.4) is 0 Å². The Hall–Kier alpha value is -2.15. The van der Waals surface area contributed by atoms with E-state index < -0.39 is 23.5 Å². The van der Waals surface area contributed by atoms with Crippen LogP contribution in [0.2, 0.25) is 0 Å². The van der Waals surface area contributed by atoms with Gasteiger partial charge in [0.25, 0.3) is 5.76 Å². The first kappa shape index (κ1) is 16.2. The molecule has 0 saturated heterocycles. The van der Waals surface area contributed by atoms with Crippen LogP contribution in [-0.2, 0) is 4.79 Å². The number of amides is 1. The van der Waals surface area contributed by atoms with E-state index in [-0.39, 0.29) is 0 Å². The van der Waals surface area contributed by atoms with E-state index in [9.17, 15) is 18.0 Å². The lowest BCUT2D eigenvalue weighted by molar-refractivity contribution is -0.118. The molecule has 0 heterocycles. The number of rotatable bonds is 6. The highest BCUT2D eigenvalue weighted by molar-refractivity contribution is 7.99. The second-order valence-electron chi connectivity index (χ2n) is 4.44. The molecule has 0 aliphatic carbocycles. The van der Waals surface area contributed by atoms with Crippen LogP contribution in [-0.4, -0.2) is 11.7 Å². The number of carbonyl (C=O) groups excluding carboxylic acids is 1. The van der Waals surface area contributed by atoms with E-state index in [4.69, 9.17) is 5.73 Å². The summed E-state index contributed by atoms with van der Waals surface area (Å²) >= 11 is 0.407. The fourth-order valence-corrected chi connectivity index (χ4v) is 2.46. The molecule has 0 aliphatic rings. The fourth-order valence-electron chi connectivity index (χ4n) is 1.90. The number of halogens is 3. The lowest BCUT2D eigenvalue weighted by Crippen LogP contribution is -2.27. The first-order valence-electron chi connectivity index (χ1n) is 6.32. The van der Waals surface area contributed by atoms with E-state index in [1.165, 1.54) is 30.3 Å². The minimum atomic E-state index is -2.53. The molecule has 2 aromatic carbocycles. The van der Waals surface area contributed by atoms with Crippen molar-refractivity contribution in [2.75, 3.05) is 5.32 Å². The largest absolute Gasteiger partial charge is 0.370 e. The second-order valence-corrected chi connectivity index (χ2v) is 5.50. The van der Waals surface area contributed by atoms with Crippen molar-refractivity contribution < 1.29 is 18.0 Å². The van der Waals surface area contributed by atoms with Crippen molar-refractivity contribution in [3.63, 3.8) is 0 Å². The van der Waals surface area contributed by atoms with Gasteiger partial charge in [0.1, 0.15) is 11.9 Å². The number of thioether (sulfide) groups is 1. The molecule has 1 amide bonds. The molecule has 1 atom stereocenters. The molecule has 3 N–H and O–H groups in total. The normalized spacial score (nSPS) is 12.2. The van der Waals surface area contributed by atoms with Crippen LogP contribution >= 0.6 is 11.8 Å². The molecule has 22 heavy (non-hydrogen) atoms. The van der Waals surface area contributed by atoms with Crippen molar-refractivity contribution in [3.8, 4) is 0 Å². The fraction of sp³-hybridized carbons (Fsp3) is 0.133. The molecule has 3 nitrogen and oxygen atoms in total. The lowest BCUT2D eigenvalue weighted by Gasteiger charge is -2.17. The van der Waals surface area contributed by atoms with Gasteiger partial charge in [-0.1, -0.05) is 30.0 Å². The van der Waals surface area contributed by atoms with Crippen LogP contribution in [0, 0.1) is 5.82 Å². The average molecular weight is 326 g/mol. The van der Waals surface area contributed by atoms with Crippen molar-refractivity contribution in [3.05, 3.63) is 59.9 Å². The highest BCUT2D eigenvalue weighted by Crippen LogP contribution is 2.28. The number of hydrogen-bond acceptors (Lipinski definition) is 3. The number of nitrogens with one attached hydrogen (secondary N) is 1. The van der Waals surface area contributed by atoms with Gasteiger partial charge in [-0.25, -0.2) is 4.39 Å². The predicted octanol–water partition coefficient (Wildman–Crippen LogP) is 3.78. The molecule has 0 spiro atoms. The van der Waals surface area contributed by atoms with Crippen molar-refractivity contribution in [1.29, 1.82) is 0 Å². The molecule has 0 fully saturated rings. The number of anilines is 1. The van der Waals surface area contributed by atoms with Crippen LogP contribution in [0.4, 0.5) is 18.9 Å². The smallest absolute Gasteiger partial charge is 0.288 e. The number of alkyl halides is 2. The first-order valence-corrected chi connectivity index (χ1v) is 7.20. The van der Waals surface area contributed by atoms with E-state index in [0.29, 0.717) is 27.9 Å². The number of carbonyl (C=O) groups is 1. The van der Waals surface area contributed by atoms with Gasteiger partial charge in [0, 0.05) is 10.6 Å². The van der Waals surface area contributed by atoms with Crippen molar-refractivity contribution >= 4 is 23.4 Å². The van der Waals surface area contributed by atoms with Gasteiger partial charge >= 0.3 is 0 Å². The predicted molar refractivity (Wildman–Crippen MR) is 80.3 cm³/mol. The highest BCUT2D eigenvalue weighted by atomic mass is 32.2. The maximum atomic E-state index is 12.9. The second kappa shape index (κ2) is 7.22. The summed E-state index contributed by atoms with van der Waals surface area (Å²) < 4.78 is 37.7. The lowest BCUT2D eigenvalue weighted by atomic mass is 10.1. The zero-order valence-corrected chi connectivity index (χ0v) is 12.1. The van der Waals surface area contributed by atoms with E-state index in [2.05, 4.69) is 5.32 Å². The Bertz CT molecular complexity index is 649. The third-order valence-corrected chi connectivity index (χ3v) is 3.56. The molecule has 0 saturated carbocycles. The Labute approximate surface area is 129 Å². The van der Waals surface area contributed by atoms with Gasteiger partial charge in [0.15, 0.2) is 0 Å². The standard InChI is InChI=1S/C15H13F3N2OS/c16-10-6-4-9(5-7-10)13(14(19)21)20-11-2-1-3-12(8-11)22-15(17)18/h1-8,13,15,20H,(H2,19,21)/t13-/m0/s1. The summed E-state index contributed by atoms with van der Waals surface area (Å²) in [6.45, 7) is 0. The van der Waals surface area contributed by atoms with Gasteiger partial charge < -0.3 is 11.1 Å². The van der Waals surface area contributed by atoms with Gasteiger partial charge in [-0.2, -0.15) is 8.78 Å². The molecule has 0 radical (unpaired) electrons. The van der Waals surface area contributed by atoms with Crippen LogP contribution in [0.1, 0.15) is 11.6 Å². The number of nitrogens with two attached hydrogens (primary N) is 1. The molecule has 0 aromatic heterocycles. The van der Waals surface area contributed by atoms with Gasteiger partial charge in [-0.05, 0) is 35.9 Å². The maximum absolute atomic E-state index is 12.9. The molecule has 116 valence electrons. The third-order valence-electron chi connectivity index (χ3n) is 2.86. The Morgan fingerprint density at radius 3 is 2.41 bits per heavy atom. The Balaban J connectivity index is 2.21. The van der Waals surface area contributed by atoms with Crippen molar-refractivity contribution in [2.45, 2.75) is 16.7 Å². The molecule has 0 aliphatic heterocycles. The number of benzene rings is 2. The number of hydrogen-bond donors (Lipinski definition) is 2. The van der Waals surface area contributed by atoms with E-state index in [0.717, 1.165) is 0 Å². The van der Waals surface area contributed by atoms with Crippen LogP contribution in [0.5, 0.6) is 0 Å². The molecular formula is C15H13F3N2OS. The monoisotopic (exact) mass is 326 g/mol. The minimum Gasteiger partial charge on any atom is -0.370 e. The molecule has 2 aromatic rings. The van der Waals surface area contributed by atoms with Crippen molar-refractivity contribution in [1.82, 2.24) is 0 Å². The highest BCUT2D eigenvalue weighted by Gasteiger charge is 2.18. The zero-order valence-electron chi connectivity index (χ0n) is 11.3. The van der Waals surface area contributed by atoms with Crippen LogP contribution in [0.15, 0.2) is 53.4 Å². The summed E-state index contributed by atoms with van der Waals surface area (Å²) in [4.78, 5) is 12.0. The quantitative estimate of drug-likeness (QED) is 0.794. The summed E-state index contributed by atoms with van der Waals surface area (Å²) in [7, 11) is 0. The Morgan fingerprint density at radius 1 is 1.14 bits per heavy atom. The number of primary amides is 1. The minimum absolute atomic E-state index is 0.363. The summed E-state index contributed by atoms with van der Waals surface area (Å²) in [6, 6.07) is 10.7. The molecule has 2 rings (SSSR count).